The number of ether oxygens (including phenoxy) is 1. The molecule has 1 aliphatic rings. The summed E-state index contributed by atoms with van der Waals surface area (Å²) in [5.41, 5.74) is 2.38. The van der Waals surface area contributed by atoms with E-state index < -0.39 is 5.82 Å². The van der Waals surface area contributed by atoms with Gasteiger partial charge in [-0.1, -0.05) is 30.3 Å². The highest BCUT2D eigenvalue weighted by atomic mass is 19.1. The molecule has 28 heavy (non-hydrogen) atoms. The lowest BCUT2D eigenvalue weighted by molar-refractivity contribution is 0.0333. The minimum Gasteiger partial charge on any atom is -0.379 e. The van der Waals surface area contributed by atoms with E-state index in [0.717, 1.165) is 18.7 Å². The van der Waals surface area contributed by atoms with Gasteiger partial charge >= 0.3 is 0 Å². The van der Waals surface area contributed by atoms with E-state index >= 15 is 0 Å². The summed E-state index contributed by atoms with van der Waals surface area (Å²) < 4.78 is 19.4. The Labute approximate surface area is 162 Å². The largest absolute Gasteiger partial charge is 0.379 e. The van der Waals surface area contributed by atoms with E-state index in [2.05, 4.69) is 20.2 Å². The number of carbonyl (C=O) groups is 1. The Morgan fingerprint density at radius 2 is 2.04 bits per heavy atom. The van der Waals surface area contributed by atoms with E-state index in [9.17, 15) is 9.18 Å². The fraction of sp³-hybridized carbons (Fsp3) is 0.333. The van der Waals surface area contributed by atoms with Gasteiger partial charge in [0.05, 0.1) is 30.6 Å². The van der Waals surface area contributed by atoms with Crippen LogP contribution in [0.25, 0.3) is 11.0 Å². The Hall–Kier alpha value is -2.77. The van der Waals surface area contributed by atoms with Crippen molar-refractivity contribution in [2.75, 3.05) is 32.8 Å². The van der Waals surface area contributed by atoms with Gasteiger partial charge in [0.2, 0.25) is 0 Å². The third-order valence-corrected chi connectivity index (χ3v) is 4.98. The molecule has 3 aromatic rings. The molecule has 2 heterocycles. The molecule has 2 aromatic carbocycles. The van der Waals surface area contributed by atoms with Crippen molar-refractivity contribution in [3.05, 3.63) is 65.7 Å². The molecule has 0 spiro atoms. The molecule has 6 nitrogen and oxygen atoms in total. The molecule has 1 aromatic heterocycles. The van der Waals surface area contributed by atoms with Gasteiger partial charge in [0.25, 0.3) is 5.91 Å². The van der Waals surface area contributed by atoms with Crippen LogP contribution in [0.3, 0.4) is 0 Å². The van der Waals surface area contributed by atoms with Gasteiger partial charge in [-0.15, -0.1) is 0 Å². The Bertz CT molecular complexity index is 938. The lowest BCUT2D eigenvalue weighted by Crippen LogP contribution is -2.48. The van der Waals surface area contributed by atoms with Crippen molar-refractivity contribution in [3.8, 4) is 0 Å². The number of nitrogens with zero attached hydrogens (tertiary/aromatic N) is 2. The van der Waals surface area contributed by atoms with Crippen molar-refractivity contribution in [3.63, 3.8) is 0 Å². The molecule has 146 valence electrons. The number of imidazole rings is 1. The highest BCUT2D eigenvalue weighted by molar-refractivity contribution is 6.04. The van der Waals surface area contributed by atoms with E-state index in [1.54, 1.807) is 0 Å². The van der Waals surface area contributed by atoms with Crippen molar-refractivity contribution in [1.82, 2.24) is 20.2 Å². The second-order valence-electron chi connectivity index (χ2n) is 7.03. The van der Waals surface area contributed by atoms with Crippen LogP contribution in [-0.4, -0.2) is 59.7 Å². The predicted molar refractivity (Wildman–Crippen MR) is 105 cm³/mol. The molecule has 0 unspecified atom stereocenters. The molecular formula is C21H23FN4O2. The van der Waals surface area contributed by atoms with Crippen LogP contribution in [-0.2, 0) is 11.2 Å². The fourth-order valence-corrected chi connectivity index (χ4v) is 3.61. The van der Waals surface area contributed by atoms with Crippen LogP contribution in [0.5, 0.6) is 0 Å². The van der Waals surface area contributed by atoms with Gasteiger partial charge in [0, 0.05) is 25.7 Å². The standard InChI is InChI=1S/C21H23FN4O2/c22-16-11-18(20-19(12-16)23-14-24-20)21(27)25-17(10-15-4-2-1-3-5-15)13-26-6-8-28-9-7-26/h1-5,11-12,14,17H,6-10,13H2,(H,23,24)(H,25,27)/t17-/m0/s1. The fourth-order valence-electron chi connectivity index (χ4n) is 3.61. The highest BCUT2D eigenvalue weighted by Crippen LogP contribution is 2.18. The zero-order valence-corrected chi connectivity index (χ0v) is 15.5. The van der Waals surface area contributed by atoms with E-state index in [-0.39, 0.29) is 17.5 Å². The van der Waals surface area contributed by atoms with Gasteiger partial charge < -0.3 is 15.0 Å². The molecule has 0 bridgehead atoms. The third-order valence-electron chi connectivity index (χ3n) is 4.98. The first-order valence-corrected chi connectivity index (χ1v) is 9.46. The van der Waals surface area contributed by atoms with Crippen molar-refractivity contribution in [2.45, 2.75) is 12.5 Å². The minimum absolute atomic E-state index is 0.106. The molecule has 2 N–H and O–H groups in total. The maximum Gasteiger partial charge on any atom is 0.253 e. The average molecular weight is 382 g/mol. The normalized spacial score (nSPS) is 16.2. The number of carbonyl (C=O) groups excluding carboxylic acids is 1. The average Bonchev–Trinajstić information content (AvgIpc) is 3.17. The molecule has 0 radical (unpaired) electrons. The second kappa shape index (κ2) is 8.50. The number of hydrogen-bond acceptors (Lipinski definition) is 4. The van der Waals surface area contributed by atoms with Crippen LogP contribution in [0, 0.1) is 5.82 Å². The van der Waals surface area contributed by atoms with Crippen molar-refractivity contribution >= 4 is 16.9 Å². The summed E-state index contributed by atoms with van der Waals surface area (Å²) in [6.45, 7) is 3.78. The van der Waals surface area contributed by atoms with Gasteiger partial charge in [0.15, 0.2) is 0 Å². The van der Waals surface area contributed by atoms with E-state index in [1.165, 1.54) is 18.5 Å². The van der Waals surface area contributed by atoms with E-state index in [0.29, 0.717) is 37.2 Å². The summed E-state index contributed by atoms with van der Waals surface area (Å²) in [6.07, 6.45) is 2.17. The first-order valence-electron chi connectivity index (χ1n) is 9.46. The van der Waals surface area contributed by atoms with Crippen LogP contribution in [0.1, 0.15) is 15.9 Å². The number of nitrogens with one attached hydrogen (secondary N) is 2. The number of amides is 1. The maximum absolute atomic E-state index is 13.9. The van der Waals surface area contributed by atoms with Gasteiger partial charge in [0.1, 0.15) is 11.3 Å². The topological polar surface area (TPSA) is 70.2 Å². The third kappa shape index (κ3) is 4.37. The van der Waals surface area contributed by atoms with Crippen LogP contribution < -0.4 is 5.32 Å². The quantitative estimate of drug-likeness (QED) is 0.687. The lowest BCUT2D eigenvalue weighted by Gasteiger charge is -2.31. The lowest BCUT2D eigenvalue weighted by atomic mass is 10.0. The molecule has 1 atom stereocenters. The zero-order valence-electron chi connectivity index (χ0n) is 15.5. The molecule has 0 saturated carbocycles. The molecule has 1 amide bonds. The molecule has 1 saturated heterocycles. The number of H-pyrrole nitrogens is 1. The highest BCUT2D eigenvalue weighted by Gasteiger charge is 2.21. The predicted octanol–water partition coefficient (Wildman–Crippen LogP) is 2.38. The monoisotopic (exact) mass is 382 g/mol. The summed E-state index contributed by atoms with van der Waals surface area (Å²) in [7, 11) is 0. The Balaban J connectivity index is 1.54. The van der Waals surface area contributed by atoms with Gasteiger partial charge in [-0.05, 0) is 24.1 Å². The SMILES string of the molecule is O=C(N[C@@H](Cc1ccccc1)CN1CCOCC1)c1cc(F)cc2[nH]cnc12. The van der Waals surface area contributed by atoms with Crippen LogP contribution in [0.2, 0.25) is 0 Å². The number of hydrogen-bond donors (Lipinski definition) is 2. The number of aromatic nitrogens is 2. The maximum atomic E-state index is 13.9. The molecule has 0 aliphatic carbocycles. The Kier molecular flexibility index (Phi) is 5.64. The van der Waals surface area contributed by atoms with Crippen LogP contribution >= 0.6 is 0 Å². The molecule has 4 rings (SSSR count). The van der Waals surface area contributed by atoms with Crippen molar-refractivity contribution in [1.29, 1.82) is 0 Å². The molecule has 1 fully saturated rings. The van der Waals surface area contributed by atoms with Crippen molar-refractivity contribution < 1.29 is 13.9 Å². The van der Waals surface area contributed by atoms with Gasteiger partial charge in [-0.25, -0.2) is 9.37 Å². The summed E-state index contributed by atoms with van der Waals surface area (Å²) in [4.78, 5) is 22.3. The summed E-state index contributed by atoms with van der Waals surface area (Å²) >= 11 is 0. The first-order chi connectivity index (χ1) is 13.7. The first kappa shape index (κ1) is 18.6. The second-order valence-corrected chi connectivity index (χ2v) is 7.03. The number of benzene rings is 2. The summed E-state index contributed by atoms with van der Waals surface area (Å²) in [6, 6.07) is 12.5. The summed E-state index contributed by atoms with van der Waals surface area (Å²) in [5.74, 6) is -0.777. The smallest absolute Gasteiger partial charge is 0.253 e. The number of aromatic amines is 1. The van der Waals surface area contributed by atoms with E-state index in [4.69, 9.17) is 4.74 Å². The van der Waals surface area contributed by atoms with E-state index in [1.807, 2.05) is 30.3 Å². The Morgan fingerprint density at radius 1 is 1.25 bits per heavy atom. The Morgan fingerprint density at radius 3 is 2.82 bits per heavy atom. The van der Waals surface area contributed by atoms with Crippen molar-refractivity contribution in [2.24, 2.45) is 0 Å². The minimum atomic E-state index is -0.463. The number of halogens is 1. The van der Waals surface area contributed by atoms with Crippen LogP contribution in [0.4, 0.5) is 4.39 Å². The molecule has 1 aliphatic heterocycles. The van der Waals surface area contributed by atoms with Crippen LogP contribution in [0.15, 0.2) is 48.8 Å². The van der Waals surface area contributed by atoms with Gasteiger partial charge in [-0.2, -0.15) is 0 Å². The van der Waals surface area contributed by atoms with Gasteiger partial charge in [-0.3, -0.25) is 9.69 Å². The molecule has 7 heteroatoms. The number of rotatable bonds is 6. The summed E-state index contributed by atoms with van der Waals surface area (Å²) in [5, 5.41) is 3.10. The zero-order chi connectivity index (χ0) is 19.3. The number of fused-ring (bicyclic) bond motifs is 1. The number of morpholine rings is 1. The molecular weight excluding hydrogens is 359 g/mol.